The van der Waals surface area contributed by atoms with E-state index in [1.165, 1.54) is 17.8 Å². The van der Waals surface area contributed by atoms with Crippen LogP contribution in [0.5, 0.6) is 0 Å². The summed E-state index contributed by atoms with van der Waals surface area (Å²) in [6, 6.07) is 1.82. The van der Waals surface area contributed by atoms with Crippen molar-refractivity contribution in [3.8, 4) is 10.8 Å². The molecule has 23 heavy (non-hydrogen) atoms. The molecular weight excluding hydrogens is 312 g/mol. The molecule has 1 amide bonds. The number of nitrogens with one attached hydrogen (secondary N) is 1. The number of thiazole rings is 1. The van der Waals surface area contributed by atoms with Crippen LogP contribution in [0.1, 0.15) is 29.8 Å². The van der Waals surface area contributed by atoms with Crippen LogP contribution in [0.15, 0.2) is 23.8 Å². The van der Waals surface area contributed by atoms with Crippen LogP contribution in [0.2, 0.25) is 0 Å². The number of carbonyl (C=O) groups is 1. The summed E-state index contributed by atoms with van der Waals surface area (Å²) in [6.45, 7) is 0.145. The zero-order valence-corrected chi connectivity index (χ0v) is 13.4. The summed E-state index contributed by atoms with van der Waals surface area (Å²) >= 11 is 1.36. The predicted octanol–water partition coefficient (Wildman–Crippen LogP) is 1.74. The minimum atomic E-state index is -0.167. The molecule has 0 spiro atoms. The lowest BCUT2D eigenvalue weighted by molar-refractivity contribution is 0.0857. The Morgan fingerprint density at radius 3 is 2.87 bits per heavy atom. The number of aromatic nitrogens is 3. The maximum atomic E-state index is 12.5. The molecule has 0 aliphatic heterocycles. The van der Waals surface area contributed by atoms with E-state index in [4.69, 9.17) is 0 Å². The van der Waals surface area contributed by atoms with Gasteiger partial charge in [-0.05, 0) is 37.2 Å². The van der Waals surface area contributed by atoms with Crippen LogP contribution < -0.4 is 5.32 Å². The van der Waals surface area contributed by atoms with E-state index >= 15 is 0 Å². The van der Waals surface area contributed by atoms with Crippen LogP contribution in [0.4, 0.5) is 0 Å². The van der Waals surface area contributed by atoms with E-state index in [1.54, 1.807) is 23.8 Å². The van der Waals surface area contributed by atoms with Crippen molar-refractivity contribution in [3.05, 3.63) is 29.5 Å². The Kier molecular flexibility index (Phi) is 3.82. The van der Waals surface area contributed by atoms with Crippen LogP contribution in [0.3, 0.4) is 0 Å². The second-order valence-corrected chi connectivity index (χ2v) is 7.15. The van der Waals surface area contributed by atoms with Gasteiger partial charge in [0.1, 0.15) is 5.69 Å². The van der Waals surface area contributed by atoms with E-state index in [2.05, 4.69) is 20.3 Å². The zero-order valence-electron chi connectivity index (χ0n) is 12.6. The first-order chi connectivity index (χ1) is 11.3. The highest BCUT2D eigenvalue weighted by atomic mass is 32.1. The molecule has 2 fully saturated rings. The molecule has 2 aliphatic rings. The Labute approximate surface area is 138 Å². The number of hydrogen-bond donors (Lipinski definition) is 2. The van der Waals surface area contributed by atoms with Crippen molar-refractivity contribution in [1.29, 1.82) is 0 Å². The average molecular weight is 330 g/mol. The molecule has 0 radical (unpaired) electrons. The van der Waals surface area contributed by atoms with E-state index in [9.17, 15) is 9.90 Å². The van der Waals surface area contributed by atoms with Gasteiger partial charge in [0.15, 0.2) is 10.8 Å². The molecular formula is C16H18N4O2S. The monoisotopic (exact) mass is 330 g/mol. The lowest BCUT2D eigenvalue weighted by Crippen LogP contribution is -2.45. The van der Waals surface area contributed by atoms with Crippen LogP contribution in [-0.4, -0.2) is 38.6 Å². The number of carbonyl (C=O) groups excluding carboxylic acids is 1. The first kappa shape index (κ1) is 14.7. The predicted molar refractivity (Wildman–Crippen MR) is 85.8 cm³/mol. The molecule has 4 atom stereocenters. The highest BCUT2D eigenvalue weighted by molar-refractivity contribution is 7.13. The van der Waals surface area contributed by atoms with Crippen molar-refractivity contribution in [2.45, 2.75) is 25.3 Å². The maximum Gasteiger partial charge on any atom is 0.271 e. The first-order valence-corrected chi connectivity index (χ1v) is 8.79. The van der Waals surface area contributed by atoms with Gasteiger partial charge in [-0.1, -0.05) is 0 Å². The number of nitrogens with zero attached hydrogens (tertiary/aromatic N) is 3. The largest absolute Gasteiger partial charge is 0.396 e. The summed E-state index contributed by atoms with van der Waals surface area (Å²) in [7, 11) is 0. The molecule has 2 aromatic rings. The van der Waals surface area contributed by atoms with Gasteiger partial charge in [-0.3, -0.25) is 4.79 Å². The lowest BCUT2D eigenvalue weighted by Gasteiger charge is -2.30. The normalized spacial score (nSPS) is 28.9. The molecule has 0 saturated heterocycles. The van der Waals surface area contributed by atoms with E-state index in [0.29, 0.717) is 28.4 Å². The summed E-state index contributed by atoms with van der Waals surface area (Å²) in [5, 5.41) is 15.1. The molecule has 2 aliphatic carbocycles. The fourth-order valence-corrected chi connectivity index (χ4v) is 4.76. The molecule has 4 unspecified atom stereocenters. The standard InChI is InChI=1S/C16H18N4O2S/c21-7-11-9-2-3-10(6-9)13(11)20-15(22)12-8-23-16(19-12)14-17-4-1-5-18-14/h1,4-5,8-11,13,21H,2-3,6-7H2,(H,20,22). The van der Waals surface area contributed by atoms with Crippen molar-refractivity contribution in [1.82, 2.24) is 20.3 Å². The van der Waals surface area contributed by atoms with Gasteiger partial charge in [0.05, 0.1) is 0 Å². The van der Waals surface area contributed by atoms with Gasteiger partial charge in [-0.15, -0.1) is 11.3 Å². The number of aliphatic hydroxyl groups excluding tert-OH is 1. The Bertz CT molecular complexity index is 705. The third-order valence-corrected chi connectivity index (χ3v) is 5.93. The van der Waals surface area contributed by atoms with Gasteiger partial charge in [0.25, 0.3) is 5.91 Å². The van der Waals surface area contributed by atoms with Gasteiger partial charge in [-0.25, -0.2) is 15.0 Å². The minimum absolute atomic E-state index is 0.0735. The third kappa shape index (κ3) is 2.64. The van der Waals surface area contributed by atoms with E-state index < -0.39 is 0 Å². The number of fused-ring (bicyclic) bond motifs is 2. The Morgan fingerprint density at radius 1 is 1.30 bits per heavy atom. The van der Waals surface area contributed by atoms with Crippen LogP contribution in [0, 0.1) is 17.8 Å². The fourth-order valence-electron chi connectivity index (χ4n) is 4.01. The quantitative estimate of drug-likeness (QED) is 0.891. The van der Waals surface area contributed by atoms with Crippen LogP contribution in [0.25, 0.3) is 10.8 Å². The van der Waals surface area contributed by atoms with Crippen molar-refractivity contribution >= 4 is 17.2 Å². The van der Waals surface area contributed by atoms with Crippen molar-refractivity contribution in [3.63, 3.8) is 0 Å². The first-order valence-electron chi connectivity index (χ1n) is 7.91. The molecule has 2 bridgehead atoms. The second-order valence-electron chi connectivity index (χ2n) is 6.29. The van der Waals surface area contributed by atoms with E-state index in [-0.39, 0.29) is 24.5 Å². The fraction of sp³-hybridized carbons (Fsp3) is 0.500. The number of rotatable bonds is 4. The number of amides is 1. The Hall–Kier alpha value is -1.86. The smallest absolute Gasteiger partial charge is 0.271 e. The molecule has 2 heterocycles. The molecule has 2 N–H and O–H groups in total. The zero-order chi connectivity index (χ0) is 15.8. The molecule has 0 aromatic carbocycles. The highest BCUT2D eigenvalue weighted by Gasteiger charge is 2.47. The molecule has 120 valence electrons. The Morgan fingerprint density at radius 2 is 2.09 bits per heavy atom. The molecule has 2 aromatic heterocycles. The van der Waals surface area contributed by atoms with E-state index in [1.807, 2.05) is 0 Å². The summed E-state index contributed by atoms with van der Waals surface area (Å²) in [5.74, 6) is 1.60. The molecule has 2 saturated carbocycles. The Balaban J connectivity index is 1.49. The maximum absolute atomic E-state index is 12.5. The van der Waals surface area contributed by atoms with Crippen molar-refractivity contribution in [2.75, 3.05) is 6.61 Å². The van der Waals surface area contributed by atoms with Gasteiger partial charge in [-0.2, -0.15) is 0 Å². The number of hydrogen-bond acceptors (Lipinski definition) is 6. The van der Waals surface area contributed by atoms with Crippen LogP contribution >= 0.6 is 11.3 Å². The highest BCUT2D eigenvalue weighted by Crippen LogP contribution is 2.48. The molecule has 7 heteroatoms. The van der Waals surface area contributed by atoms with Crippen molar-refractivity contribution < 1.29 is 9.90 Å². The topological polar surface area (TPSA) is 88.0 Å². The summed E-state index contributed by atoms with van der Waals surface area (Å²) in [6.07, 6.45) is 6.76. The van der Waals surface area contributed by atoms with Gasteiger partial charge in [0.2, 0.25) is 0 Å². The van der Waals surface area contributed by atoms with Gasteiger partial charge < -0.3 is 10.4 Å². The summed E-state index contributed by atoms with van der Waals surface area (Å²) in [4.78, 5) is 25.2. The van der Waals surface area contributed by atoms with Gasteiger partial charge in [0, 0.05) is 36.3 Å². The average Bonchev–Trinajstić information content (AvgIpc) is 3.31. The van der Waals surface area contributed by atoms with E-state index in [0.717, 1.165) is 12.8 Å². The minimum Gasteiger partial charge on any atom is -0.396 e. The third-order valence-electron chi connectivity index (χ3n) is 5.09. The SMILES string of the molecule is O=C(NC1C2CCC(C2)C1CO)c1csc(-c2ncccn2)n1. The van der Waals surface area contributed by atoms with Crippen molar-refractivity contribution in [2.24, 2.45) is 17.8 Å². The number of aliphatic hydroxyl groups is 1. The van der Waals surface area contributed by atoms with Gasteiger partial charge >= 0.3 is 0 Å². The molecule has 4 rings (SSSR count). The molecule has 6 nitrogen and oxygen atoms in total. The lowest BCUT2D eigenvalue weighted by atomic mass is 9.85. The second kappa shape index (κ2) is 5.98. The van der Waals surface area contributed by atoms with Crippen LogP contribution in [-0.2, 0) is 0 Å². The summed E-state index contributed by atoms with van der Waals surface area (Å²) in [5.41, 5.74) is 0.400. The summed E-state index contributed by atoms with van der Waals surface area (Å²) < 4.78 is 0.